The van der Waals surface area contributed by atoms with E-state index in [0.29, 0.717) is 0 Å². The van der Waals surface area contributed by atoms with Gasteiger partial charge in [0.2, 0.25) is 0 Å². The molecule has 1 aromatic heterocycles. The molecule has 0 fully saturated rings. The number of hydrogen-bond donors (Lipinski definition) is 0. The maximum atomic E-state index is 5.20. The van der Waals surface area contributed by atoms with Crippen LogP contribution in [0.4, 0.5) is 0 Å². The number of furan rings is 1. The number of benzene rings is 1. The van der Waals surface area contributed by atoms with E-state index < -0.39 is 0 Å². The summed E-state index contributed by atoms with van der Waals surface area (Å²) in [5, 5.41) is 1.21. The topological polar surface area (TPSA) is 13.1 Å². The lowest BCUT2D eigenvalue weighted by Gasteiger charge is -1.90. The van der Waals surface area contributed by atoms with Crippen LogP contribution in [0.5, 0.6) is 0 Å². The van der Waals surface area contributed by atoms with Gasteiger partial charge in [-0.2, -0.15) is 0 Å². The molecule has 1 heteroatoms. The van der Waals surface area contributed by atoms with Gasteiger partial charge in [0.25, 0.3) is 0 Å². The highest BCUT2D eigenvalue weighted by Gasteiger charge is 1.96. The van der Waals surface area contributed by atoms with Gasteiger partial charge in [-0.1, -0.05) is 39.8 Å². The Balaban J connectivity index is 0.000000379. The molecule has 0 N–H and O–H groups in total. The molecule has 0 saturated carbocycles. The maximum absolute atomic E-state index is 5.20. The van der Waals surface area contributed by atoms with Crippen LogP contribution in [0.1, 0.15) is 33.3 Å². The molecule has 0 bridgehead atoms. The maximum Gasteiger partial charge on any atom is 0.134 e. The molecule has 2 rings (SSSR count). The Bertz CT molecular complexity index is 347. The van der Waals surface area contributed by atoms with Crippen molar-refractivity contribution >= 4 is 11.0 Å². The summed E-state index contributed by atoms with van der Waals surface area (Å²) in [7, 11) is 0. The minimum Gasteiger partial charge on any atom is -0.464 e. The number of hydrogen-bond acceptors (Lipinski definition) is 1. The number of aryl methyl sites for hydroxylation is 1. The standard InChI is InChI=1S/C9H8O.2C2H6/c1-7-3-2-4-9-8(7)5-6-10-9;2*1-2/h2-6H,1H3;2*1-2H3. The van der Waals surface area contributed by atoms with Gasteiger partial charge in [-0.25, -0.2) is 0 Å². The molecule has 0 atom stereocenters. The smallest absolute Gasteiger partial charge is 0.134 e. The lowest BCUT2D eigenvalue weighted by molar-refractivity contribution is 0.616. The van der Waals surface area contributed by atoms with E-state index in [2.05, 4.69) is 13.0 Å². The monoisotopic (exact) mass is 192 g/mol. The van der Waals surface area contributed by atoms with E-state index in [0.717, 1.165) is 5.58 Å². The van der Waals surface area contributed by atoms with Crippen LogP contribution in [0.15, 0.2) is 34.9 Å². The summed E-state index contributed by atoms with van der Waals surface area (Å²) in [6.45, 7) is 10.1. The molecule has 0 amide bonds. The van der Waals surface area contributed by atoms with Gasteiger partial charge in [0.15, 0.2) is 0 Å². The summed E-state index contributed by atoms with van der Waals surface area (Å²) < 4.78 is 5.20. The average molecular weight is 192 g/mol. The van der Waals surface area contributed by atoms with Crippen molar-refractivity contribution in [2.75, 3.05) is 0 Å². The number of fused-ring (bicyclic) bond motifs is 1. The molecule has 0 spiro atoms. The van der Waals surface area contributed by atoms with Crippen LogP contribution in [0, 0.1) is 6.92 Å². The summed E-state index contributed by atoms with van der Waals surface area (Å²) in [5.41, 5.74) is 2.24. The minimum absolute atomic E-state index is 0.972. The van der Waals surface area contributed by atoms with E-state index in [1.54, 1.807) is 6.26 Å². The van der Waals surface area contributed by atoms with Gasteiger partial charge >= 0.3 is 0 Å². The lowest BCUT2D eigenvalue weighted by atomic mass is 10.1. The first-order valence-corrected chi connectivity index (χ1v) is 5.31. The third-order valence-corrected chi connectivity index (χ3v) is 1.71. The van der Waals surface area contributed by atoms with E-state index in [1.807, 2.05) is 45.9 Å². The second-order valence-corrected chi connectivity index (χ2v) is 2.41. The highest BCUT2D eigenvalue weighted by molar-refractivity contribution is 5.80. The summed E-state index contributed by atoms with van der Waals surface area (Å²) in [5.74, 6) is 0. The first-order chi connectivity index (χ1) is 6.88. The predicted octanol–water partition coefficient (Wildman–Crippen LogP) is 4.79. The second kappa shape index (κ2) is 7.19. The zero-order valence-electron chi connectivity index (χ0n) is 9.79. The van der Waals surface area contributed by atoms with Crippen molar-refractivity contribution < 1.29 is 4.42 Å². The van der Waals surface area contributed by atoms with Crippen LogP contribution < -0.4 is 0 Å². The molecule has 78 valence electrons. The van der Waals surface area contributed by atoms with Crippen LogP contribution in [0.2, 0.25) is 0 Å². The van der Waals surface area contributed by atoms with Crippen molar-refractivity contribution in [3.05, 3.63) is 36.1 Å². The molecular weight excluding hydrogens is 172 g/mol. The Morgan fingerprint density at radius 2 is 1.57 bits per heavy atom. The first kappa shape index (κ1) is 12.8. The van der Waals surface area contributed by atoms with Gasteiger partial charge in [0.05, 0.1) is 6.26 Å². The molecule has 2 aromatic rings. The molecule has 0 aliphatic rings. The fourth-order valence-corrected chi connectivity index (χ4v) is 1.15. The molecule has 1 nitrogen and oxygen atoms in total. The minimum atomic E-state index is 0.972. The lowest BCUT2D eigenvalue weighted by Crippen LogP contribution is -1.69. The molecular formula is C13H20O. The van der Waals surface area contributed by atoms with Gasteiger partial charge in [0, 0.05) is 5.39 Å². The van der Waals surface area contributed by atoms with Crippen LogP contribution in [0.25, 0.3) is 11.0 Å². The molecule has 0 radical (unpaired) electrons. The van der Waals surface area contributed by atoms with Gasteiger partial charge in [0.1, 0.15) is 5.58 Å². The van der Waals surface area contributed by atoms with Crippen molar-refractivity contribution in [3.8, 4) is 0 Å². The molecule has 14 heavy (non-hydrogen) atoms. The SMILES string of the molecule is CC.CC.Cc1cccc2occc12. The van der Waals surface area contributed by atoms with Crippen LogP contribution >= 0.6 is 0 Å². The fraction of sp³-hybridized carbons (Fsp3) is 0.385. The summed E-state index contributed by atoms with van der Waals surface area (Å²) in [4.78, 5) is 0. The Morgan fingerprint density at radius 3 is 2.14 bits per heavy atom. The van der Waals surface area contributed by atoms with Crippen molar-refractivity contribution in [3.63, 3.8) is 0 Å². The normalized spacial score (nSPS) is 8.36. The number of rotatable bonds is 0. The van der Waals surface area contributed by atoms with Gasteiger partial charge in [-0.3, -0.25) is 0 Å². The molecule has 0 aliphatic heterocycles. The Labute approximate surface area is 86.7 Å². The van der Waals surface area contributed by atoms with Crippen LogP contribution in [0.3, 0.4) is 0 Å². The molecule has 0 unspecified atom stereocenters. The van der Waals surface area contributed by atoms with Crippen LogP contribution in [-0.2, 0) is 0 Å². The Morgan fingerprint density at radius 1 is 0.929 bits per heavy atom. The van der Waals surface area contributed by atoms with Crippen molar-refractivity contribution in [2.45, 2.75) is 34.6 Å². The third kappa shape index (κ3) is 2.91. The zero-order chi connectivity index (χ0) is 11.0. The van der Waals surface area contributed by atoms with E-state index in [4.69, 9.17) is 4.42 Å². The average Bonchev–Trinajstić information content (AvgIpc) is 2.73. The van der Waals surface area contributed by atoms with Crippen LogP contribution in [-0.4, -0.2) is 0 Å². The Hall–Kier alpha value is -1.24. The third-order valence-electron chi connectivity index (χ3n) is 1.71. The molecule has 0 saturated heterocycles. The van der Waals surface area contributed by atoms with Crippen molar-refractivity contribution in [1.82, 2.24) is 0 Å². The largest absolute Gasteiger partial charge is 0.464 e. The molecule has 1 aromatic carbocycles. The highest BCUT2D eigenvalue weighted by Crippen LogP contribution is 2.18. The summed E-state index contributed by atoms with van der Waals surface area (Å²) in [6, 6.07) is 8.05. The predicted molar refractivity (Wildman–Crippen MR) is 63.6 cm³/mol. The first-order valence-electron chi connectivity index (χ1n) is 5.31. The summed E-state index contributed by atoms with van der Waals surface area (Å²) >= 11 is 0. The van der Waals surface area contributed by atoms with Gasteiger partial charge < -0.3 is 4.42 Å². The van der Waals surface area contributed by atoms with Gasteiger partial charge in [-0.15, -0.1) is 0 Å². The fourth-order valence-electron chi connectivity index (χ4n) is 1.15. The van der Waals surface area contributed by atoms with Gasteiger partial charge in [-0.05, 0) is 24.6 Å². The Kier molecular flexibility index (Phi) is 6.55. The van der Waals surface area contributed by atoms with E-state index in [1.165, 1.54) is 10.9 Å². The van der Waals surface area contributed by atoms with E-state index in [-0.39, 0.29) is 0 Å². The van der Waals surface area contributed by atoms with E-state index in [9.17, 15) is 0 Å². The second-order valence-electron chi connectivity index (χ2n) is 2.41. The summed E-state index contributed by atoms with van der Waals surface area (Å²) in [6.07, 6.45) is 1.72. The molecule has 0 aliphatic carbocycles. The quantitative estimate of drug-likeness (QED) is 0.584. The highest BCUT2D eigenvalue weighted by atomic mass is 16.3. The van der Waals surface area contributed by atoms with Crippen molar-refractivity contribution in [1.29, 1.82) is 0 Å². The molecule has 1 heterocycles. The van der Waals surface area contributed by atoms with E-state index >= 15 is 0 Å². The zero-order valence-corrected chi connectivity index (χ0v) is 9.79. The van der Waals surface area contributed by atoms with Crippen molar-refractivity contribution in [2.24, 2.45) is 0 Å².